The lowest BCUT2D eigenvalue weighted by Gasteiger charge is -2.54. The third kappa shape index (κ3) is 11.8. The Hall–Kier alpha value is -6.21. The molecule has 4 amide bonds. The van der Waals surface area contributed by atoms with Gasteiger partial charge in [0.25, 0.3) is 11.8 Å². The van der Waals surface area contributed by atoms with Gasteiger partial charge in [0.2, 0.25) is 0 Å². The highest BCUT2D eigenvalue weighted by Crippen LogP contribution is 2.50. The van der Waals surface area contributed by atoms with E-state index in [9.17, 15) is 39.3 Å². The van der Waals surface area contributed by atoms with Crippen molar-refractivity contribution in [3.05, 3.63) is 92.1 Å². The molecule has 5 atom stereocenters. The zero-order valence-electron chi connectivity index (χ0n) is 48.6. The molecule has 81 heavy (non-hydrogen) atoms. The van der Waals surface area contributed by atoms with E-state index in [0.29, 0.717) is 118 Å². The number of carboxylic acid groups (broad SMARTS) is 1. The number of aliphatic hydroxyl groups excluding tert-OH is 2. The SMILES string of the molecule is CC(C)=CCC/C(C)=C/CC[C@@]1(C)Oc2c(c(OC(=O)N3CC4(COC4)C3)cc3c2CN(CCC[C@@H](C(=O)O)N2Cc4c(cc(OC(=O)N5CC6(COC6)C5)c5c4O[C@](C)(CC/C=C(\C)CCC=C(C)C)[C@@H](O)C5)C2=O)C3=O)C[C@@H]1O. The number of hydrogen-bond acceptors (Lipinski definition) is 13. The van der Waals surface area contributed by atoms with Gasteiger partial charge >= 0.3 is 18.2 Å². The second-order valence-corrected chi connectivity index (χ2v) is 25.6. The van der Waals surface area contributed by atoms with Crippen molar-refractivity contribution in [3.8, 4) is 23.0 Å². The van der Waals surface area contributed by atoms with E-state index >= 15 is 0 Å². The highest BCUT2D eigenvalue weighted by atomic mass is 16.6. The summed E-state index contributed by atoms with van der Waals surface area (Å²) in [4.78, 5) is 75.9. The first kappa shape index (κ1) is 58.0. The van der Waals surface area contributed by atoms with Gasteiger partial charge in [-0.25, -0.2) is 14.4 Å². The number of ether oxygens (including phenoxy) is 6. The molecule has 2 aromatic carbocycles. The summed E-state index contributed by atoms with van der Waals surface area (Å²) in [5.74, 6) is -1.19. The molecule has 18 heteroatoms. The van der Waals surface area contributed by atoms with E-state index < -0.39 is 53.5 Å². The third-order valence-corrected chi connectivity index (χ3v) is 18.1. The molecule has 8 heterocycles. The van der Waals surface area contributed by atoms with E-state index in [4.69, 9.17) is 28.4 Å². The van der Waals surface area contributed by atoms with E-state index in [0.717, 1.165) is 25.7 Å². The number of benzene rings is 2. The summed E-state index contributed by atoms with van der Waals surface area (Å²) in [6.07, 6.45) is 11.9. The van der Waals surface area contributed by atoms with Gasteiger partial charge in [0.15, 0.2) is 0 Å². The van der Waals surface area contributed by atoms with Gasteiger partial charge in [0, 0.05) is 67.8 Å². The Labute approximate surface area is 475 Å². The maximum Gasteiger partial charge on any atom is 0.415 e. The second-order valence-electron chi connectivity index (χ2n) is 25.6. The van der Waals surface area contributed by atoms with Crippen LogP contribution in [0, 0.1) is 10.8 Å². The maximum atomic E-state index is 14.7. The minimum atomic E-state index is -1.31. The van der Waals surface area contributed by atoms with Gasteiger partial charge in [-0.2, -0.15) is 0 Å². The number of allylic oxidation sites excluding steroid dienone is 8. The van der Waals surface area contributed by atoms with Gasteiger partial charge in [0.05, 0.1) is 73.7 Å². The number of likely N-dealkylation sites (tertiary alicyclic amines) is 2. The van der Waals surface area contributed by atoms with Gasteiger partial charge < -0.3 is 63.3 Å². The van der Waals surface area contributed by atoms with Crippen molar-refractivity contribution >= 4 is 30.0 Å². The summed E-state index contributed by atoms with van der Waals surface area (Å²) in [6.45, 7) is 20.6. The molecule has 4 fully saturated rings. The minimum absolute atomic E-state index is 0.0123. The number of amides is 4. The monoisotopic (exact) mass is 1120 g/mol. The minimum Gasteiger partial charge on any atom is -0.484 e. The number of aliphatic carboxylic acids is 1. The summed E-state index contributed by atoms with van der Waals surface area (Å²) in [5.41, 5.74) is 5.20. The Morgan fingerprint density at radius 2 is 1.09 bits per heavy atom. The topological polar surface area (TPSA) is 214 Å². The van der Waals surface area contributed by atoms with Crippen molar-refractivity contribution in [1.29, 1.82) is 0 Å². The standard InChI is InChI=1S/C63H82N4O14/c1-38(2)14-9-16-40(5)18-11-21-60(7)51(68)26-44-49(78-58(74)65-30-62(31-65)34-76-35-62)24-42-46(53(44)80-60)28-64(55(42)70)23-13-20-48(57(72)73)67-29-47-43(56(67)71)25-50(79-59(75)66-32-63(33-66)36-77-37-63)45-27-52(69)61(8,81-54(45)47)22-12-19-41(6)17-10-15-39(3)4/h14-15,18-19,24-25,48,51-52,68-69H,9-13,16-17,20-23,26-37H2,1-8H3,(H,72,73)/b40-18+,41-19+/t48-,51-,52-,60+,61+/m0/s1. The summed E-state index contributed by atoms with van der Waals surface area (Å²) in [7, 11) is 0. The molecule has 0 saturated carbocycles. The molecule has 2 aromatic rings. The lowest BCUT2D eigenvalue weighted by molar-refractivity contribution is -0.178. The average molecular weight is 1120 g/mol. The van der Waals surface area contributed by atoms with Gasteiger partial charge in [-0.05, 0) is 132 Å². The lowest BCUT2D eigenvalue weighted by Crippen LogP contribution is -2.67. The van der Waals surface area contributed by atoms with Crippen LogP contribution in [0.5, 0.6) is 23.0 Å². The molecule has 3 N–H and O–H groups in total. The van der Waals surface area contributed by atoms with Crippen molar-refractivity contribution in [1.82, 2.24) is 19.6 Å². The Balaban J connectivity index is 0.859. The van der Waals surface area contributed by atoms with Gasteiger partial charge in [-0.15, -0.1) is 0 Å². The van der Waals surface area contributed by atoms with Crippen molar-refractivity contribution in [2.75, 3.05) is 59.2 Å². The van der Waals surface area contributed by atoms with Gasteiger partial charge in [0.1, 0.15) is 40.2 Å². The number of fused-ring (bicyclic) bond motifs is 6. The van der Waals surface area contributed by atoms with Gasteiger partial charge in [-0.3, -0.25) is 9.59 Å². The number of hydrogen-bond donors (Lipinski definition) is 3. The van der Waals surface area contributed by atoms with Gasteiger partial charge in [-0.1, -0.05) is 46.6 Å². The molecule has 8 aliphatic rings. The van der Waals surface area contributed by atoms with Crippen LogP contribution in [0.25, 0.3) is 0 Å². The highest BCUT2D eigenvalue weighted by molar-refractivity contribution is 6.02. The molecule has 10 rings (SSSR count). The fourth-order valence-corrected chi connectivity index (χ4v) is 12.8. The number of rotatable bonds is 20. The zero-order valence-corrected chi connectivity index (χ0v) is 48.6. The first-order valence-electron chi connectivity index (χ1n) is 29.1. The lowest BCUT2D eigenvalue weighted by atomic mass is 9.78. The van der Waals surface area contributed by atoms with Crippen LogP contribution < -0.4 is 18.9 Å². The summed E-state index contributed by atoms with van der Waals surface area (Å²) >= 11 is 0. The predicted octanol–water partition coefficient (Wildman–Crippen LogP) is 9.25. The number of nitrogens with zero attached hydrogens (tertiary/aromatic N) is 4. The average Bonchev–Trinajstić information content (AvgIpc) is 4.09. The molecule has 0 radical (unpaired) electrons. The summed E-state index contributed by atoms with van der Waals surface area (Å²) in [6, 6.07) is 1.75. The Morgan fingerprint density at radius 1 is 0.642 bits per heavy atom. The van der Waals surface area contributed by atoms with Crippen LogP contribution in [0.1, 0.15) is 163 Å². The molecule has 18 nitrogen and oxygen atoms in total. The summed E-state index contributed by atoms with van der Waals surface area (Å²) in [5, 5.41) is 34.4. The number of carbonyl (C=O) groups is 5. The van der Waals surface area contributed by atoms with Crippen molar-refractivity contribution < 1.29 is 67.7 Å². The Morgan fingerprint density at radius 3 is 1.51 bits per heavy atom. The molecule has 2 spiro atoms. The van der Waals surface area contributed by atoms with E-state index in [1.807, 2.05) is 13.8 Å². The van der Waals surface area contributed by atoms with E-state index in [2.05, 4.69) is 65.8 Å². The van der Waals surface area contributed by atoms with Crippen LogP contribution in [-0.4, -0.2) is 153 Å². The van der Waals surface area contributed by atoms with E-state index in [-0.39, 0.29) is 79.1 Å². The molecular weight excluding hydrogens is 1040 g/mol. The molecule has 4 saturated heterocycles. The number of carboxylic acids is 1. The first-order chi connectivity index (χ1) is 38.5. The summed E-state index contributed by atoms with van der Waals surface area (Å²) < 4.78 is 36.6. The Kier molecular flexibility index (Phi) is 16.4. The van der Waals surface area contributed by atoms with Crippen molar-refractivity contribution in [2.45, 2.75) is 175 Å². The van der Waals surface area contributed by atoms with Crippen LogP contribution in [0.4, 0.5) is 9.59 Å². The normalized spacial score (nSPS) is 25.0. The molecule has 0 bridgehead atoms. The number of carbonyl (C=O) groups excluding carboxylic acids is 4. The van der Waals surface area contributed by atoms with E-state index in [1.165, 1.54) is 33.3 Å². The zero-order chi connectivity index (χ0) is 57.8. The molecule has 0 aliphatic carbocycles. The smallest absolute Gasteiger partial charge is 0.415 e. The second kappa shape index (κ2) is 22.9. The largest absolute Gasteiger partial charge is 0.484 e. The fourth-order valence-electron chi connectivity index (χ4n) is 12.8. The van der Waals surface area contributed by atoms with Crippen molar-refractivity contribution in [2.24, 2.45) is 10.8 Å². The third-order valence-electron chi connectivity index (χ3n) is 18.1. The van der Waals surface area contributed by atoms with Crippen LogP contribution in [-0.2, 0) is 40.2 Å². The maximum absolute atomic E-state index is 14.7. The van der Waals surface area contributed by atoms with Crippen molar-refractivity contribution in [3.63, 3.8) is 0 Å². The van der Waals surface area contributed by atoms with Crippen LogP contribution >= 0.6 is 0 Å². The Bertz CT molecular complexity index is 2970. The fraction of sp³-hybridized carbons (Fsp3) is 0.603. The van der Waals surface area contributed by atoms with Crippen LogP contribution in [0.15, 0.2) is 58.7 Å². The molecule has 438 valence electrons. The number of aliphatic hydroxyl groups is 2. The molecular formula is C63H82N4O14. The van der Waals surface area contributed by atoms with E-state index in [1.54, 1.807) is 20.8 Å². The van der Waals surface area contributed by atoms with Crippen LogP contribution in [0.2, 0.25) is 0 Å². The first-order valence-corrected chi connectivity index (χ1v) is 29.1. The molecule has 0 unspecified atom stereocenters. The molecule has 8 aliphatic heterocycles. The predicted molar refractivity (Wildman–Crippen MR) is 301 cm³/mol. The molecule has 0 aromatic heterocycles. The highest BCUT2D eigenvalue weighted by Gasteiger charge is 2.54. The quantitative estimate of drug-likeness (QED) is 0.105. The van der Waals surface area contributed by atoms with Crippen LogP contribution in [0.3, 0.4) is 0 Å².